The number of hydrogen-bond donors (Lipinski definition) is 3. The standard InChI is InChI=1S/C13H12N4O3/c1-7-4-11(17-16-7)15-13(19)8-2-3-10-9(5-8)14-12(18)6-20-10/h2-5H,6H2,1H3,(H,14,18)(H2,15,16,17,19). The highest BCUT2D eigenvalue weighted by Crippen LogP contribution is 2.28. The lowest BCUT2D eigenvalue weighted by Crippen LogP contribution is -2.25. The zero-order chi connectivity index (χ0) is 14.1. The van der Waals surface area contributed by atoms with Crippen LogP contribution < -0.4 is 15.4 Å². The Hall–Kier alpha value is -2.83. The summed E-state index contributed by atoms with van der Waals surface area (Å²) >= 11 is 0. The van der Waals surface area contributed by atoms with Gasteiger partial charge in [0.2, 0.25) is 0 Å². The van der Waals surface area contributed by atoms with Gasteiger partial charge >= 0.3 is 0 Å². The number of rotatable bonds is 2. The van der Waals surface area contributed by atoms with Crippen molar-refractivity contribution in [1.29, 1.82) is 0 Å². The molecular weight excluding hydrogens is 260 g/mol. The topological polar surface area (TPSA) is 96.1 Å². The third-order valence-electron chi connectivity index (χ3n) is 2.82. The number of carbonyl (C=O) groups excluding carboxylic acids is 2. The fourth-order valence-electron chi connectivity index (χ4n) is 1.89. The van der Waals surface area contributed by atoms with Crippen LogP contribution in [0.15, 0.2) is 24.3 Å². The number of aromatic amines is 1. The minimum absolute atomic E-state index is 0.00884. The van der Waals surface area contributed by atoms with Crippen LogP contribution in [0.3, 0.4) is 0 Å². The van der Waals surface area contributed by atoms with E-state index in [0.717, 1.165) is 5.69 Å². The van der Waals surface area contributed by atoms with Crippen molar-refractivity contribution in [1.82, 2.24) is 10.2 Å². The zero-order valence-corrected chi connectivity index (χ0v) is 10.7. The van der Waals surface area contributed by atoms with E-state index < -0.39 is 0 Å². The van der Waals surface area contributed by atoms with E-state index >= 15 is 0 Å². The van der Waals surface area contributed by atoms with Crippen LogP contribution in [0.5, 0.6) is 5.75 Å². The first kappa shape index (κ1) is 12.2. The molecule has 0 saturated carbocycles. The van der Waals surface area contributed by atoms with Crippen molar-refractivity contribution < 1.29 is 14.3 Å². The molecule has 3 N–H and O–H groups in total. The van der Waals surface area contributed by atoms with Gasteiger partial charge in [0.25, 0.3) is 11.8 Å². The summed E-state index contributed by atoms with van der Waals surface area (Å²) in [7, 11) is 0. The number of anilines is 2. The van der Waals surface area contributed by atoms with Crippen LogP contribution in [0.25, 0.3) is 0 Å². The second-order valence-electron chi connectivity index (χ2n) is 4.44. The Morgan fingerprint density at radius 3 is 3.00 bits per heavy atom. The molecule has 7 heteroatoms. The first-order chi connectivity index (χ1) is 9.61. The number of ether oxygens (including phenoxy) is 1. The quantitative estimate of drug-likeness (QED) is 0.767. The van der Waals surface area contributed by atoms with Crippen molar-refractivity contribution in [3.8, 4) is 5.75 Å². The molecule has 102 valence electrons. The number of fused-ring (bicyclic) bond motifs is 1. The van der Waals surface area contributed by atoms with Crippen LogP contribution in [0.2, 0.25) is 0 Å². The predicted molar refractivity (Wildman–Crippen MR) is 71.8 cm³/mol. The van der Waals surface area contributed by atoms with Crippen LogP contribution in [-0.2, 0) is 4.79 Å². The molecule has 1 aromatic heterocycles. The summed E-state index contributed by atoms with van der Waals surface area (Å²) in [6.07, 6.45) is 0. The molecule has 0 fully saturated rings. The van der Waals surface area contributed by atoms with Crippen LogP contribution in [0, 0.1) is 6.92 Å². The number of aryl methyl sites for hydroxylation is 1. The minimum atomic E-state index is -0.306. The molecule has 0 unspecified atom stereocenters. The van der Waals surface area contributed by atoms with Gasteiger partial charge in [0.15, 0.2) is 12.4 Å². The van der Waals surface area contributed by atoms with E-state index in [2.05, 4.69) is 20.8 Å². The molecule has 3 rings (SSSR count). The highest BCUT2D eigenvalue weighted by molar-refractivity contribution is 6.05. The molecule has 1 aromatic carbocycles. The lowest BCUT2D eigenvalue weighted by molar-refractivity contribution is -0.118. The molecule has 7 nitrogen and oxygen atoms in total. The van der Waals surface area contributed by atoms with Crippen molar-refractivity contribution in [2.24, 2.45) is 0 Å². The van der Waals surface area contributed by atoms with Gasteiger partial charge in [-0.1, -0.05) is 0 Å². The Bertz CT molecular complexity index is 693. The van der Waals surface area contributed by atoms with Crippen molar-refractivity contribution in [2.75, 3.05) is 17.2 Å². The van der Waals surface area contributed by atoms with E-state index in [1.54, 1.807) is 24.3 Å². The van der Waals surface area contributed by atoms with Crippen LogP contribution in [0.4, 0.5) is 11.5 Å². The molecular formula is C13H12N4O3. The van der Waals surface area contributed by atoms with Crippen LogP contribution >= 0.6 is 0 Å². The fourth-order valence-corrected chi connectivity index (χ4v) is 1.89. The summed E-state index contributed by atoms with van der Waals surface area (Å²) in [6.45, 7) is 1.83. The maximum atomic E-state index is 12.1. The number of carbonyl (C=O) groups is 2. The summed E-state index contributed by atoms with van der Waals surface area (Å²) in [5, 5.41) is 12.0. The molecule has 0 bridgehead atoms. The summed E-state index contributed by atoms with van der Waals surface area (Å²) in [5.74, 6) is 0.458. The highest BCUT2D eigenvalue weighted by Gasteiger charge is 2.18. The lowest BCUT2D eigenvalue weighted by atomic mass is 10.1. The Balaban J connectivity index is 1.81. The van der Waals surface area contributed by atoms with E-state index in [1.807, 2.05) is 6.92 Å². The summed E-state index contributed by atoms with van der Waals surface area (Å²) in [4.78, 5) is 23.3. The molecule has 0 aliphatic carbocycles. The third kappa shape index (κ3) is 2.33. The average Bonchev–Trinajstić information content (AvgIpc) is 2.83. The van der Waals surface area contributed by atoms with Gasteiger partial charge in [-0.25, -0.2) is 0 Å². The second kappa shape index (κ2) is 4.69. The predicted octanol–water partition coefficient (Wildman–Crippen LogP) is 1.30. The molecule has 0 saturated heterocycles. The maximum absolute atomic E-state index is 12.1. The molecule has 0 atom stereocenters. The monoisotopic (exact) mass is 272 g/mol. The molecule has 1 aliphatic heterocycles. The van der Waals surface area contributed by atoms with Gasteiger partial charge in [-0.15, -0.1) is 0 Å². The number of nitrogens with one attached hydrogen (secondary N) is 3. The van der Waals surface area contributed by atoms with Gasteiger partial charge in [-0.3, -0.25) is 14.7 Å². The number of benzene rings is 1. The molecule has 2 heterocycles. The van der Waals surface area contributed by atoms with Gasteiger partial charge in [0, 0.05) is 17.3 Å². The van der Waals surface area contributed by atoms with Crippen molar-refractivity contribution in [3.63, 3.8) is 0 Å². The van der Waals surface area contributed by atoms with E-state index in [1.165, 1.54) is 0 Å². The van der Waals surface area contributed by atoms with Crippen molar-refractivity contribution in [3.05, 3.63) is 35.5 Å². The molecule has 2 aromatic rings. The third-order valence-corrected chi connectivity index (χ3v) is 2.82. The van der Waals surface area contributed by atoms with Crippen molar-refractivity contribution >= 4 is 23.3 Å². The van der Waals surface area contributed by atoms with Crippen molar-refractivity contribution in [2.45, 2.75) is 6.92 Å². The van der Waals surface area contributed by atoms with Gasteiger partial charge in [-0.05, 0) is 25.1 Å². The van der Waals surface area contributed by atoms with Gasteiger partial charge in [0.05, 0.1) is 5.69 Å². The average molecular weight is 272 g/mol. The maximum Gasteiger partial charge on any atom is 0.262 e. The van der Waals surface area contributed by atoms with Crippen LogP contribution in [-0.4, -0.2) is 28.6 Å². The van der Waals surface area contributed by atoms with Crippen LogP contribution in [0.1, 0.15) is 16.1 Å². The van der Waals surface area contributed by atoms with Gasteiger partial charge in [0.1, 0.15) is 5.75 Å². The molecule has 20 heavy (non-hydrogen) atoms. The lowest BCUT2D eigenvalue weighted by Gasteiger charge is -2.18. The minimum Gasteiger partial charge on any atom is -0.482 e. The number of hydrogen-bond acceptors (Lipinski definition) is 4. The van der Waals surface area contributed by atoms with E-state index in [-0.39, 0.29) is 18.4 Å². The van der Waals surface area contributed by atoms with Gasteiger partial charge in [-0.2, -0.15) is 5.10 Å². The Kier molecular flexibility index (Phi) is 2.86. The smallest absolute Gasteiger partial charge is 0.262 e. The normalized spacial score (nSPS) is 13.2. The molecule has 2 amide bonds. The second-order valence-corrected chi connectivity index (χ2v) is 4.44. The fraction of sp³-hybridized carbons (Fsp3) is 0.154. The number of amides is 2. The highest BCUT2D eigenvalue weighted by atomic mass is 16.5. The Morgan fingerprint density at radius 2 is 2.25 bits per heavy atom. The number of aromatic nitrogens is 2. The number of H-pyrrole nitrogens is 1. The molecule has 1 aliphatic rings. The summed E-state index contributed by atoms with van der Waals surface area (Å²) in [5.41, 5.74) is 1.76. The molecule has 0 radical (unpaired) electrons. The van der Waals surface area contributed by atoms with E-state index in [0.29, 0.717) is 22.8 Å². The Morgan fingerprint density at radius 1 is 1.40 bits per heavy atom. The summed E-state index contributed by atoms with van der Waals surface area (Å²) < 4.78 is 5.23. The first-order valence-electron chi connectivity index (χ1n) is 6.02. The van der Waals surface area contributed by atoms with E-state index in [9.17, 15) is 9.59 Å². The van der Waals surface area contributed by atoms with Gasteiger partial charge < -0.3 is 15.4 Å². The Labute approximate surface area is 114 Å². The first-order valence-corrected chi connectivity index (χ1v) is 6.02. The largest absolute Gasteiger partial charge is 0.482 e. The number of nitrogens with zero attached hydrogens (tertiary/aromatic N) is 1. The SMILES string of the molecule is Cc1cc(NC(=O)c2ccc3c(c2)NC(=O)CO3)n[nH]1. The zero-order valence-electron chi connectivity index (χ0n) is 10.7. The summed E-state index contributed by atoms with van der Waals surface area (Å²) in [6, 6.07) is 6.58. The van der Waals surface area contributed by atoms with E-state index in [4.69, 9.17) is 4.74 Å². The molecule has 0 spiro atoms.